The van der Waals surface area contributed by atoms with E-state index in [0.717, 1.165) is 11.1 Å². The molecule has 0 saturated heterocycles. The van der Waals surface area contributed by atoms with Gasteiger partial charge in [-0.2, -0.15) is 0 Å². The van der Waals surface area contributed by atoms with Crippen LogP contribution >= 0.6 is 0 Å². The first kappa shape index (κ1) is 16.8. The van der Waals surface area contributed by atoms with E-state index in [1.54, 1.807) is 30.7 Å². The van der Waals surface area contributed by atoms with Gasteiger partial charge in [-0.25, -0.2) is 9.37 Å². The maximum Gasteiger partial charge on any atom is 0.220 e. The number of nitrogens with one attached hydrogen (secondary N) is 1. The van der Waals surface area contributed by atoms with Crippen LogP contribution in [0.2, 0.25) is 0 Å². The van der Waals surface area contributed by atoms with E-state index < -0.39 is 0 Å². The number of amides is 1. The smallest absolute Gasteiger partial charge is 0.220 e. The highest BCUT2D eigenvalue weighted by Crippen LogP contribution is 2.21. The van der Waals surface area contributed by atoms with Crippen LogP contribution in [0.4, 0.5) is 4.39 Å². The number of carbonyl (C=O) groups is 1. The van der Waals surface area contributed by atoms with Gasteiger partial charge in [0.2, 0.25) is 5.91 Å². The predicted molar refractivity (Wildman–Crippen MR) is 91.0 cm³/mol. The first-order valence-corrected chi connectivity index (χ1v) is 8.02. The molecule has 2 aromatic heterocycles. The number of oxazole rings is 1. The molecule has 3 aromatic rings. The molecule has 0 fully saturated rings. The molecule has 0 aliphatic carbocycles. The number of rotatable bonds is 6. The fourth-order valence-electron chi connectivity index (χ4n) is 2.44. The summed E-state index contributed by atoms with van der Waals surface area (Å²) in [5, 5.41) is 2.93. The van der Waals surface area contributed by atoms with Gasteiger partial charge < -0.3 is 9.73 Å². The van der Waals surface area contributed by atoms with Crippen LogP contribution < -0.4 is 5.32 Å². The summed E-state index contributed by atoms with van der Waals surface area (Å²) >= 11 is 0. The maximum absolute atomic E-state index is 12.9. The molecule has 1 amide bonds. The predicted octanol–water partition coefficient (Wildman–Crippen LogP) is 3.69. The molecule has 2 heterocycles. The first-order chi connectivity index (χ1) is 12.1. The van der Waals surface area contributed by atoms with E-state index in [2.05, 4.69) is 15.3 Å². The lowest BCUT2D eigenvalue weighted by atomic mass is 10.1. The molecule has 1 aromatic carbocycles. The summed E-state index contributed by atoms with van der Waals surface area (Å²) in [6, 6.07) is 9.64. The molecular weight excluding hydrogens is 321 g/mol. The Bertz CT molecular complexity index is 831. The summed E-state index contributed by atoms with van der Waals surface area (Å²) in [5.41, 5.74) is 1.74. The van der Waals surface area contributed by atoms with E-state index in [4.69, 9.17) is 4.42 Å². The Hall–Kier alpha value is -3.02. The molecule has 128 valence electrons. The molecule has 1 N–H and O–H groups in total. The second kappa shape index (κ2) is 7.70. The fraction of sp³-hybridized carbons (Fsp3) is 0.211. The zero-order valence-electron chi connectivity index (χ0n) is 13.8. The summed E-state index contributed by atoms with van der Waals surface area (Å²) in [4.78, 5) is 20.2. The molecule has 0 spiro atoms. The van der Waals surface area contributed by atoms with Crippen LogP contribution in [-0.4, -0.2) is 15.9 Å². The summed E-state index contributed by atoms with van der Waals surface area (Å²) in [7, 11) is 0. The van der Waals surface area contributed by atoms with E-state index in [0.29, 0.717) is 18.1 Å². The van der Waals surface area contributed by atoms with Crippen LogP contribution in [0, 0.1) is 5.82 Å². The third kappa shape index (κ3) is 4.50. The average molecular weight is 339 g/mol. The highest BCUT2D eigenvalue weighted by molar-refractivity contribution is 5.76. The van der Waals surface area contributed by atoms with E-state index in [1.165, 1.54) is 12.1 Å². The van der Waals surface area contributed by atoms with Gasteiger partial charge in [-0.15, -0.1) is 0 Å². The van der Waals surface area contributed by atoms with Crippen molar-refractivity contribution in [2.45, 2.75) is 25.8 Å². The zero-order valence-corrected chi connectivity index (χ0v) is 13.8. The van der Waals surface area contributed by atoms with Gasteiger partial charge in [-0.05, 0) is 48.9 Å². The standard InChI is InChI=1S/C19H18FN3O2/c1-13(14-8-10-21-11-9-14)23-18(24)6-7-19-22-12-17(25-19)15-2-4-16(20)5-3-15/h2-5,8-13H,6-7H2,1H3,(H,23,24)/t13-/m1/s1. The van der Waals surface area contributed by atoms with Crippen LogP contribution in [0.3, 0.4) is 0 Å². The number of aromatic nitrogens is 2. The van der Waals surface area contributed by atoms with Gasteiger partial charge in [0.1, 0.15) is 5.82 Å². The third-order valence-corrected chi connectivity index (χ3v) is 3.83. The molecule has 0 aliphatic heterocycles. The van der Waals surface area contributed by atoms with Crippen LogP contribution in [0.5, 0.6) is 0 Å². The van der Waals surface area contributed by atoms with Crippen molar-refractivity contribution in [1.29, 1.82) is 0 Å². The number of hydrogen-bond donors (Lipinski definition) is 1. The average Bonchev–Trinajstić information content (AvgIpc) is 3.10. The Morgan fingerprint density at radius 3 is 2.64 bits per heavy atom. The Morgan fingerprint density at radius 1 is 1.20 bits per heavy atom. The quantitative estimate of drug-likeness (QED) is 0.744. The van der Waals surface area contributed by atoms with Crippen molar-refractivity contribution in [3.63, 3.8) is 0 Å². The number of carbonyl (C=O) groups excluding carboxylic acids is 1. The number of halogens is 1. The lowest BCUT2D eigenvalue weighted by Crippen LogP contribution is -2.26. The number of nitrogens with zero attached hydrogens (tertiary/aromatic N) is 2. The van der Waals surface area contributed by atoms with Crippen LogP contribution in [0.1, 0.15) is 30.8 Å². The maximum atomic E-state index is 12.9. The molecule has 0 aliphatic rings. The summed E-state index contributed by atoms with van der Waals surface area (Å²) < 4.78 is 18.6. The fourth-order valence-corrected chi connectivity index (χ4v) is 2.44. The summed E-state index contributed by atoms with van der Waals surface area (Å²) in [6.45, 7) is 1.92. The molecule has 5 nitrogen and oxygen atoms in total. The molecule has 3 rings (SSSR count). The van der Waals surface area contributed by atoms with Crippen molar-refractivity contribution in [3.05, 3.63) is 72.3 Å². The highest BCUT2D eigenvalue weighted by atomic mass is 19.1. The first-order valence-electron chi connectivity index (χ1n) is 8.02. The van der Waals surface area contributed by atoms with Crippen molar-refractivity contribution in [3.8, 4) is 11.3 Å². The number of benzene rings is 1. The monoisotopic (exact) mass is 339 g/mol. The van der Waals surface area contributed by atoms with Crippen molar-refractivity contribution in [2.24, 2.45) is 0 Å². The Balaban J connectivity index is 1.53. The summed E-state index contributed by atoms with van der Waals surface area (Å²) in [5.74, 6) is 0.654. The highest BCUT2D eigenvalue weighted by Gasteiger charge is 2.12. The van der Waals surface area contributed by atoms with Gasteiger partial charge in [-0.1, -0.05) is 0 Å². The van der Waals surface area contributed by atoms with Crippen molar-refractivity contribution >= 4 is 5.91 Å². The van der Waals surface area contributed by atoms with E-state index >= 15 is 0 Å². The van der Waals surface area contributed by atoms with Crippen molar-refractivity contribution in [2.75, 3.05) is 0 Å². The minimum absolute atomic E-state index is 0.0779. The Morgan fingerprint density at radius 2 is 1.92 bits per heavy atom. The third-order valence-electron chi connectivity index (χ3n) is 3.83. The molecule has 0 bridgehead atoms. The molecule has 0 saturated carbocycles. The van der Waals surface area contributed by atoms with Crippen molar-refractivity contribution in [1.82, 2.24) is 15.3 Å². The lowest BCUT2D eigenvalue weighted by molar-refractivity contribution is -0.121. The Kier molecular flexibility index (Phi) is 5.18. The van der Waals surface area contributed by atoms with Gasteiger partial charge in [0, 0.05) is 30.8 Å². The second-order valence-electron chi connectivity index (χ2n) is 5.69. The Labute approximate surface area is 144 Å². The van der Waals surface area contributed by atoms with E-state index in [1.807, 2.05) is 19.1 Å². The normalized spacial score (nSPS) is 11.9. The van der Waals surface area contributed by atoms with Gasteiger partial charge in [0.05, 0.1) is 12.2 Å². The molecular formula is C19H18FN3O2. The molecule has 0 radical (unpaired) electrons. The van der Waals surface area contributed by atoms with Gasteiger partial charge >= 0.3 is 0 Å². The minimum atomic E-state index is -0.302. The molecule has 6 heteroatoms. The lowest BCUT2D eigenvalue weighted by Gasteiger charge is -2.13. The zero-order chi connectivity index (χ0) is 17.6. The van der Waals surface area contributed by atoms with Gasteiger partial charge in [0.15, 0.2) is 11.7 Å². The molecule has 0 unspecified atom stereocenters. The second-order valence-corrected chi connectivity index (χ2v) is 5.69. The number of pyridine rings is 1. The van der Waals surface area contributed by atoms with Crippen LogP contribution in [0.15, 0.2) is 59.4 Å². The van der Waals surface area contributed by atoms with Crippen molar-refractivity contribution < 1.29 is 13.6 Å². The van der Waals surface area contributed by atoms with E-state index in [9.17, 15) is 9.18 Å². The molecule has 25 heavy (non-hydrogen) atoms. The largest absolute Gasteiger partial charge is 0.441 e. The molecule has 1 atom stereocenters. The van der Waals surface area contributed by atoms with Gasteiger partial charge in [0.25, 0.3) is 0 Å². The summed E-state index contributed by atoms with van der Waals surface area (Å²) in [6.07, 6.45) is 5.65. The number of hydrogen-bond acceptors (Lipinski definition) is 4. The minimum Gasteiger partial charge on any atom is -0.441 e. The topological polar surface area (TPSA) is 68.0 Å². The number of aryl methyl sites for hydroxylation is 1. The van der Waals surface area contributed by atoms with Crippen LogP contribution in [-0.2, 0) is 11.2 Å². The van der Waals surface area contributed by atoms with Crippen LogP contribution in [0.25, 0.3) is 11.3 Å². The van der Waals surface area contributed by atoms with E-state index in [-0.39, 0.29) is 24.2 Å². The van der Waals surface area contributed by atoms with Gasteiger partial charge in [-0.3, -0.25) is 9.78 Å². The SMILES string of the molecule is C[C@@H](NC(=O)CCc1ncc(-c2ccc(F)cc2)o1)c1ccncc1.